The van der Waals surface area contributed by atoms with E-state index < -0.39 is 0 Å². The molecule has 0 bridgehead atoms. The number of hydrogen-bond acceptors (Lipinski definition) is 7. The maximum atomic E-state index is 5.52. The summed E-state index contributed by atoms with van der Waals surface area (Å²) in [4.78, 5) is 9.96. The molecule has 0 atom stereocenters. The SMILES string of the molecule is Cc1cc(SCc2nc(NN)c3ccsc3n2)n(C)n1. The Labute approximate surface area is 124 Å². The van der Waals surface area contributed by atoms with Crippen LogP contribution in [-0.4, -0.2) is 19.7 Å². The van der Waals surface area contributed by atoms with E-state index in [-0.39, 0.29) is 0 Å². The third kappa shape index (κ3) is 2.49. The van der Waals surface area contributed by atoms with E-state index in [1.165, 1.54) is 0 Å². The summed E-state index contributed by atoms with van der Waals surface area (Å²) in [6.07, 6.45) is 0. The highest BCUT2D eigenvalue weighted by Gasteiger charge is 2.10. The second-order valence-electron chi connectivity index (χ2n) is 4.31. The average molecular weight is 306 g/mol. The van der Waals surface area contributed by atoms with Gasteiger partial charge >= 0.3 is 0 Å². The van der Waals surface area contributed by atoms with Crippen LogP contribution in [0.3, 0.4) is 0 Å². The van der Waals surface area contributed by atoms with Crippen LogP contribution in [-0.2, 0) is 12.8 Å². The molecule has 0 radical (unpaired) electrons. The molecule has 0 fully saturated rings. The van der Waals surface area contributed by atoms with E-state index in [1.54, 1.807) is 23.1 Å². The third-order valence-corrected chi connectivity index (χ3v) is 4.70. The molecule has 6 nitrogen and oxygen atoms in total. The van der Waals surface area contributed by atoms with Crippen LogP contribution >= 0.6 is 23.1 Å². The fraction of sp³-hybridized carbons (Fsp3) is 0.250. The number of rotatable bonds is 4. The van der Waals surface area contributed by atoms with Crippen LogP contribution < -0.4 is 11.3 Å². The molecule has 0 saturated heterocycles. The van der Waals surface area contributed by atoms with E-state index in [0.717, 1.165) is 26.8 Å². The van der Waals surface area contributed by atoms with Gasteiger partial charge in [-0.2, -0.15) is 5.10 Å². The maximum Gasteiger partial charge on any atom is 0.152 e. The number of hydrazine groups is 1. The van der Waals surface area contributed by atoms with Crippen LogP contribution in [0.2, 0.25) is 0 Å². The molecular formula is C12H14N6S2. The van der Waals surface area contributed by atoms with Gasteiger partial charge in [-0.05, 0) is 24.4 Å². The van der Waals surface area contributed by atoms with Crippen LogP contribution in [0.25, 0.3) is 10.2 Å². The summed E-state index contributed by atoms with van der Waals surface area (Å²) < 4.78 is 1.87. The Balaban J connectivity index is 1.85. The van der Waals surface area contributed by atoms with Crippen molar-refractivity contribution in [1.82, 2.24) is 19.7 Å². The Morgan fingerprint density at radius 2 is 2.30 bits per heavy atom. The lowest BCUT2D eigenvalue weighted by Gasteiger charge is -2.05. The molecule has 8 heteroatoms. The van der Waals surface area contributed by atoms with Crippen molar-refractivity contribution in [1.29, 1.82) is 0 Å². The second kappa shape index (κ2) is 5.39. The highest BCUT2D eigenvalue weighted by Crippen LogP contribution is 2.27. The minimum atomic E-state index is 0.674. The number of thiophene rings is 1. The first kappa shape index (κ1) is 13.3. The quantitative estimate of drug-likeness (QED) is 0.437. The van der Waals surface area contributed by atoms with Gasteiger partial charge in [-0.3, -0.25) is 4.68 Å². The first-order valence-corrected chi connectivity index (χ1v) is 7.88. The fourth-order valence-electron chi connectivity index (χ4n) is 1.93. The first-order valence-electron chi connectivity index (χ1n) is 6.01. The number of aryl methyl sites for hydroxylation is 2. The first-order chi connectivity index (χ1) is 9.67. The number of hydrogen-bond donors (Lipinski definition) is 2. The summed E-state index contributed by atoms with van der Waals surface area (Å²) in [6, 6.07) is 4.02. The number of thioether (sulfide) groups is 1. The van der Waals surface area contributed by atoms with Crippen molar-refractivity contribution in [2.24, 2.45) is 12.9 Å². The molecule has 0 aliphatic carbocycles. The number of nitrogen functional groups attached to an aromatic ring is 1. The molecule has 3 heterocycles. The van der Waals surface area contributed by atoms with Gasteiger partial charge in [-0.1, -0.05) is 11.8 Å². The molecular weight excluding hydrogens is 292 g/mol. The molecule has 0 amide bonds. The van der Waals surface area contributed by atoms with Crippen LogP contribution in [0.1, 0.15) is 11.5 Å². The summed E-state index contributed by atoms with van der Waals surface area (Å²) >= 11 is 3.25. The van der Waals surface area contributed by atoms with Crippen molar-refractivity contribution in [3.05, 3.63) is 29.0 Å². The van der Waals surface area contributed by atoms with E-state index in [0.29, 0.717) is 11.6 Å². The van der Waals surface area contributed by atoms with Gasteiger partial charge in [0.15, 0.2) is 5.82 Å². The lowest BCUT2D eigenvalue weighted by atomic mass is 10.4. The van der Waals surface area contributed by atoms with Gasteiger partial charge in [-0.15, -0.1) is 11.3 Å². The van der Waals surface area contributed by atoms with E-state index in [9.17, 15) is 0 Å². The van der Waals surface area contributed by atoms with Gasteiger partial charge in [0, 0.05) is 7.05 Å². The molecule has 0 spiro atoms. The van der Waals surface area contributed by atoms with E-state index in [2.05, 4.69) is 26.6 Å². The molecule has 3 aromatic heterocycles. The van der Waals surface area contributed by atoms with Gasteiger partial charge in [0.1, 0.15) is 10.7 Å². The molecule has 0 saturated carbocycles. The number of nitrogens with zero attached hydrogens (tertiary/aromatic N) is 4. The normalized spacial score (nSPS) is 11.2. The minimum Gasteiger partial charge on any atom is -0.308 e. The molecule has 3 aromatic rings. The Morgan fingerprint density at radius 3 is 3.00 bits per heavy atom. The second-order valence-corrected chi connectivity index (χ2v) is 6.20. The van der Waals surface area contributed by atoms with Crippen LogP contribution in [0.5, 0.6) is 0 Å². The third-order valence-electron chi connectivity index (χ3n) is 2.82. The Morgan fingerprint density at radius 1 is 1.45 bits per heavy atom. The predicted molar refractivity (Wildman–Crippen MR) is 82.7 cm³/mol. The van der Waals surface area contributed by atoms with Gasteiger partial charge < -0.3 is 5.43 Å². The van der Waals surface area contributed by atoms with Crippen molar-refractivity contribution in [3.63, 3.8) is 0 Å². The molecule has 3 rings (SSSR count). The molecule has 0 aromatic carbocycles. The van der Waals surface area contributed by atoms with Gasteiger partial charge in [0.2, 0.25) is 0 Å². The average Bonchev–Trinajstić information content (AvgIpc) is 3.01. The lowest BCUT2D eigenvalue weighted by molar-refractivity contribution is 0.692. The van der Waals surface area contributed by atoms with Crippen molar-refractivity contribution >= 4 is 39.1 Å². The largest absolute Gasteiger partial charge is 0.308 e. The zero-order valence-electron chi connectivity index (χ0n) is 11.1. The Hall–Kier alpha value is -1.64. The number of fused-ring (bicyclic) bond motifs is 1. The van der Waals surface area contributed by atoms with E-state index in [1.807, 2.05) is 30.1 Å². The standard InChI is InChI=1S/C12H14N6S2/c1-7-5-10(18(2)17-7)20-6-9-14-11(16-13)8-3-4-19-12(8)15-9/h3-5H,6,13H2,1-2H3,(H,14,15,16). The number of nitrogens with two attached hydrogens (primary N) is 1. The summed E-state index contributed by atoms with van der Waals surface area (Å²) in [5, 5.41) is 8.37. The highest BCUT2D eigenvalue weighted by molar-refractivity contribution is 7.98. The fourth-order valence-corrected chi connectivity index (χ4v) is 3.61. The summed E-state index contributed by atoms with van der Waals surface area (Å²) in [7, 11) is 1.94. The maximum absolute atomic E-state index is 5.52. The zero-order chi connectivity index (χ0) is 14.1. The predicted octanol–water partition coefficient (Wildman–Crippen LogP) is 2.31. The number of anilines is 1. The monoisotopic (exact) mass is 306 g/mol. The van der Waals surface area contributed by atoms with Crippen molar-refractivity contribution in [2.45, 2.75) is 17.7 Å². The smallest absolute Gasteiger partial charge is 0.152 e. The molecule has 0 aliphatic heterocycles. The molecule has 0 aliphatic rings. The summed E-state index contributed by atoms with van der Waals surface area (Å²) in [5.41, 5.74) is 3.65. The lowest BCUT2D eigenvalue weighted by Crippen LogP contribution is -2.10. The Kier molecular flexibility index (Phi) is 3.60. The van der Waals surface area contributed by atoms with Crippen molar-refractivity contribution in [2.75, 3.05) is 5.43 Å². The van der Waals surface area contributed by atoms with Gasteiger partial charge in [-0.25, -0.2) is 15.8 Å². The molecule has 3 N–H and O–H groups in total. The van der Waals surface area contributed by atoms with E-state index in [4.69, 9.17) is 5.84 Å². The molecule has 20 heavy (non-hydrogen) atoms. The van der Waals surface area contributed by atoms with Gasteiger partial charge in [0.25, 0.3) is 0 Å². The van der Waals surface area contributed by atoms with Crippen molar-refractivity contribution in [3.8, 4) is 0 Å². The van der Waals surface area contributed by atoms with Crippen molar-refractivity contribution < 1.29 is 0 Å². The number of nitrogens with one attached hydrogen (secondary N) is 1. The Bertz CT molecular complexity index is 748. The number of aromatic nitrogens is 4. The van der Waals surface area contributed by atoms with Gasteiger partial charge in [0.05, 0.1) is 21.9 Å². The topological polar surface area (TPSA) is 81.6 Å². The summed E-state index contributed by atoms with van der Waals surface area (Å²) in [6.45, 7) is 1.98. The molecule has 104 valence electrons. The highest BCUT2D eigenvalue weighted by atomic mass is 32.2. The van der Waals surface area contributed by atoms with Crippen LogP contribution in [0.4, 0.5) is 5.82 Å². The minimum absolute atomic E-state index is 0.674. The molecule has 0 unspecified atom stereocenters. The summed E-state index contributed by atoms with van der Waals surface area (Å²) in [5.74, 6) is 7.64. The van der Waals surface area contributed by atoms with E-state index >= 15 is 0 Å². The van der Waals surface area contributed by atoms with Crippen LogP contribution in [0.15, 0.2) is 22.5 Å². The van der Waals surface area contributed by atoms with Crippen LogP contribution in [0, 0.1) is 6.92 Å². The zero-order valence-corrected chi connectivity index (χ0v) is 12.8.